The van der Waals surface area contributed by atoms with E-state index in [2.05, 4.69) is 68.4 Å². The first-order valence-electron chi connectivity index (χ1n) is 8.02. The quantitative estimate of drug-likeness (QED) is 0.902. The van der Waals surface area contributed by atoms with Gasteiger partial charge in [0.05, 0.1) is 12.7 Å². The molecule has 2 atom stereocenters. The molecule has 0 radical (unpaired) electrons. The van der Waals surface area contributed by atoms with Gasteiger partial charge in [-0.2, -0.15) is 0 Å². The molecule has 0 aliphatic carbocycles. The van der Waals surface area contributed by atoms with Gasteiger partial charge in [0.25, 0.3) is 0 Å². The molecule has 3 heteroatoms. The Labute approximate surface area is 129 Å². The van der Waals surface area contributed by atoms with Crippen molar-refractivity contribution in [2.45, 2.75) is 39.3 Å². The summed E-state index contributed by atoms with van der Waals surface area (Å²) in [7, 11) is 2.17. The van der Waals surface area contributed by atoms with Gasteiger partial charge in [0.2, 0.25) is 0 Å². The summed E-state index contributed by atoms with van der Waals surface area (Å²) in [5.74, 6) is 0. The zero-order valence-electron chi connectivity index (χ0n) is 13.9. The van der Waals surface area contributed by atoms with Gasteiger partial charge in [-0.05, 0) is 24.4 Å². The summed E-state index contributed by atoms with van der Waals surface area (Å²) in [6.45, 7) is 10.7. The lowest BCUT2D eigenvalue weighted by Gasteiger charge is -2.33. The van der Waals surface area contributed by atoms with Gasteiger partial charge in [-0.25, -0.2) is 0 Å². The topological polar surface area (TPSA) is 24.5 Å². The van der Waals surface area contributed by atoms with E-state index in [4.69, 9.17) is 4.74 Å². The monoisotopic (exact) mass is 290 g/mol. The molecule has 1 aromatic carbocycles. The Morgan fingerprint density at radius 2 is 2.00 bits per heavy atom. The van der Waals surface area contributed by atoms with Crippen molar-refractivity contribution in [3.05, 3.63) is 35.9 Å². The normalized spacial score (nSPS) is 22.2. The fraction of sp³-hybridized carbons (Fsp3) is 0.667. The minimum absolute atomic E-state index is 0.301. The molecular formula is C18H30N2O. The van der Waals surface area contributed by atoms with E-state index in [1.165, 1.54) is 5.56 Å². The zero-order chi connectivity index (χ0) is 15.3. The molecule has 0 bridgehead atoms. The number of nitrogens with zero attached hydrogens (tertiary/aromatic N) is 1. The summed E-state index contributed by atoms with van der Waals surface area (Å²) in [4.78, 5) is 2.34. The van der Waals surface area contributed by atoms with Crippen LogP contribution in [0.25, 0.3) is 0 Å². The molecule has 118 valence electrons. The minimum atomic E-state index is 0.301. The van der Waals surface area contributed by atoms with Crippen molar-refractivity contribution >= 4 is 0 Å². The number of benzene rings is 1. The van der Waals surface area contributed by atoms with Crippen molar-refractivity contribution < 1.29 is 4.74 Å². The van der Waals surface area contributed by atoms with Crippen molar-refractivity contribution in [2.24, 2.45) is 5.41 Å². The van der Waals surface area contributed by atoms with Crippen LogP contribution in [0.3, 0.4) is 0 Å². The van der Waals surface area contributed by atoms with E-state index in [-0.39, 0.29) is 0 Å². The molecular weight excluding hydrogens is 260 g/mol. The number of morpholine rings is 1. The largest absolute Gasteiger partial charge is 0.374 e. The third-order valence-corrected chi connectivity index (χ3v) is 3.95. The van der Waals surface area contributed by atoms with Crippen LogP contribution in [-0.4, -0.2) is 44.3 Å². The molecule has 0 aromatic heterocycles. The van der Waals surface area contributed by atoms with E-state index >= 15 is 0 Å². The highest BCUT2D eigenvalue weighted by molar-refractivity contribution is 5.19. The van der Waals surface area contributed by atoms with Crippen LogP contribution in [0.1, 0.15) is 38.8 Å². The molecule has 3 nitrogen and oxygen atoms in total. The van der Waals surface area contributed by atoms with Crippen molar-refractivity contribution in [2.75, 3.05) is 33.3 Å². The second-order valence-electron chi connectivity index (χ2n) is 7.39. The van der Waals surface area contributed by atoms with Crippen molar-refractivity contribution in [1.82, 2.24) is 10.2 Å². The molecule has 1 saturated heterocycles. The second kappa shape index (κ2) is 7.39. The highest BCUT2D eigenvalue weighted by Crippen LogP contribution is 2.29. The number of hydrogen-bond donors (Lipinski definition) is 1. The van der Waals surface area contributed by atoms with Crippen LogP contribution >= 0.6 is 0 Å². The Hall–Kier alpha value is -0.900. The van der Waals surface area contributed by atoms with Crippen LogP contribution in [0, 0.1) is 5.41 Å². The van der Waals surface area contributed by atoms with Gasteiger partial charge in [-0.1, -0.05) is 51.1 Å². The van der Waals surface area contributed by atoms with E-state index in [0.717, 1.165) is 32.7 Å². The predicted molar refractivity (Wildman–Crippen MR) is 88.5 cm³/mol. The number of likely N-dealkylation sites (N-methyl/N-ethyl adjacent to an activating group) is 1. The third kappa shape index (κ3) is 5.77. The number of ether oxygens (including phenoxy) is 1. The fourth-order valence-corrected chi connectivity index (χ4v) is 2.87. The summed E-state index contributed by atoms with van der Waals surface area (Å²) < 4.78 is 5.86. The molecule has 0 spiro atoms. The van der Waals surface area contributed by atoms with Gasteiger partial charge in [0.1, 0.15) is 0 Å². The van der Waals surface area contributed by atoms with Crippen LogP contribution in [0.4, 0.5) is 0 Å². The summed E-state index contributed by atoms with van der Waals surface area (Å²) in [6, 6.07) is 11.2. The molecule has 1 N–H and O–H groups in total. The first kappa shape index (κ1) is 16.5. The summed E-state index contributed by atoms with van der Waals surface area (Å²) in [5, 5.41) is 3.73. The SMILES string of the molecule is CN1CCOC(CNC(CC(C)(C)C)c2ccccc2)C1. The fourth-order valence-electron chi connectivity index (χ4n) is 2.87. The first-order chi connectivity index (χ1) is 9.94. The number of rotatable bonds is 5. The Morgan fingerprint density at radius 3 is 2.62 bits per heavy atom. The maximum Gasteiger partial charge on any atom is 0.0826 e. The predicted octanol–water partition coefficient (Wildman–Crippen LogP) is 3.08. The second-order valence-corrected chi connectivity index (χ2v) is 7.39. The maximum absolute atomic E-state index is 5.86. The van der Waals surface area contributed by atoms with Gasteiger partial charge in [0.15, 0.2) is 0 Å². The summed E-state index contributed by atoms with van der Waals surface area (Å²) in [5.41, 5.74) is 1.68. The van der Waals surface area contributed by atoms with Gasteiger partial charge >= 0.3 is 0 Å². The third-order valence-electron chi connectivity index (χ3n) is 3.95. The molecule has 1 heterocycles. The van der Waals surface area contributed by atoms with Gasteiger partial charge in [0, 0.05) is 25.7 Å². The van der Waals surface area contributed by atoms with Crippen LogP contribution in [0.2, 0.25) is 0 Å². The highest BCUT2D eigenvalue weighted by atomic mass is 16.5. The molecule has 0 amide bonds. The Balaban J connectivity index is 1.96. The minimum Gasteiger partial charge on any atom is -0.374 e. The molecule has 21 heavy (non-hydrogen) atoms. The van der Waals surface area contributed by atoms with E-state index < -0.39 is 0 Å². The molecule has 1 fully saturated rings. The summed E-state index contributed by atoms with van der Waals surface area (Å²) >= 11 is 0. The average Bonchev–Trinajstić information content (AvgIpc) is 2.43. The van der Waals surface area contributed by atoms with Gasteiger partial charge in [-0.15, -0.1) is 0 Å². The Kier molecular flexibility index (Phi) is 5.80. The van der Waals surface area contributed by atoms with Crippen molar-refractivity contribution in [3.8, 4) is 0 Å². The lowest BCUT2D eigenvalue weighted by Crippen LogP contribution is -2.45. The number of hydrogen-bond acceptors (Lipinski definition) is 3. The van der Waals surface area contributed by atoms with E-state index in [1.807, 2.05) is 0 Å². The Bertz CT molecular complexity index is 413. The van der Waals surface area contributed by atoms with Crippen molar-refractivity contribution in [1.29, 1.82) is 0 Å². The van der Waals surface area contributed by atoms with E-state index in [9.17, 15) is 0 Å². The Morgan fingerprint density at radius 1 is 1.29 bits per heavy atom. The van der Waals surface area contributed by atoms with Crippen molar-refractivity contribution in [3.63, 3.8) is 0 Å². The van der Waals surface area contributed by atoms with Crippen LogP contribution < -0.4 is 5.32 Å². The lowest BCUT2D eigenvalue weighted by atomic mass is 9.85. The smallest absolute Gasteiger partial charge is 0.0826 e. The molecule has 2 unspecified atom stereocenters. The zero-order valence-corrected chi connectivity index (χ0v) is 13.9. The lowest BCUT2D eigenvalue weighted by molar-refractivity contribution is -0.0198. The molecule has 0 saturated carbocycles. The standard InChI is InChI=1S/C18H30N2O/c1-18(2,3)12-17(15-8-6-5-7-9-15)19-13-16-14-20(4)10-11-21-16/h5-9,16-17,19H,10-14H2,1-4H3. The molecule has 2 rings (SSSR count). The average molecular weight is 290 g/mol. The number of nitrogens with one attached hydrogen (secondary N) is 1. The van der Waals surface area contributed by atoms with Crippen LogP contribution in [-0.2, 0) is 4.74 Å². The summed E-state index contributed by atoms with van der Waals surface area (Å²) in [6.07, 6.45) is 1.43. The molecule has 1 aromatic rings. The van der Waals surface area contributed by atoms with E-state index in [0.29, 0.717) is 17.6 Å². The molecule has 1 aliphatic rings. The van der Waals surface area contributed by atoms with Gasteiger partial charge < -0.3 is 15.0 Å². The first-order valence-corrected chi connectivity index (χ1v) is 8.02. The highest BCUT2D eigenvalue weighted by Gasteiger charge is 2.23. The van der Waals surface area contributed by atoms with Gasteiger partial charge in [-0.3, -0.25) is 0 Å². The van der Waals surface area contributed by atoms with Crippen LogP contribution in [0.5, 0.6) is 0 Å². The van der Waals surface area contributed by atoms with E-state index in [1.54, 1.807) is 0 Å². The van der Waals surface area contributed by atoms with Crippen LogP contribution in [0.15, 0.2) is 30.3 Å². The maximum atomic E-state index is 5.86. The molecule has 1 aliphatic heterocycles.